The lowest BCUT2D eigenvalue weighted by atomic mass is 10.2. The van der Waals surface area contributed by atoms with E-state index in [-0.39, 0.29) is 16.2 Å². The van der Waals surface area contributed by atoms with Gasteiger partial charge in [0, 0.05) is 10.7 Å². The first kappa shape index (κ1) is 14.1. The zero-order valence-corrected chi connectivity index (χ0v) is 11.6. The average molecular weight is 305 g/mol. The minimum atomic E-state index is -3.95. The minimum Gasteiger partial charge on any atom is -0.493 e. The lowest BCUT2D eigenvalue weighted by molar-refractivity contribution is 0.0692. The average Bonchev–Trinajstić information content (AvgIpc) is 3.11. The van der Waals surface area contributed by atoms with E-state index in [0.29, 0.717) is 12.5 Å². The number of hydrogen-bond acceptors (Lipinski definition) is 4. The highest BCUT2D eigenvalue weighted by atomic mass is 35.7. The van der Waals surface area contributed by atoms with Crippen LogP contribution in [0.5, 0.6) is 5.75 Å². The first-order valence-corrected chi connectivity index (χ1v) is 8.13. The summed E-state index contributed by atoms with van der Waals surface area (Å²) in [5, 5.41) is 9.06. The van der Waals surface area contributed by atoms with Crippen molar-refractivity contribution in [3.8, 4) is 5.75 Å². The predicted octanol–water partition coefficient (Wildman–Crippen LogP) is 2.49. The fraction of sp³-hybridized carbons (Fsp3) is 0.417. The van der Waals surface area contributed by atoms with Gasteiger partial charge in [0.05, 0.1) is 11.5 Å². The molecule has 0 unspecified atom stereocenters. The molecule has 1 aliphatic carbocycles. The smallest absolute Gasteiger partial charge is 0.339 e. The summed E-state index contributed by atoms with van der Waals surface area (Å²) in [7, 11) is 1.23. The largest absolute Gasteiger partial charge is 0.493 e. The van der Waals surface area contributed by atoms with Crippen LogP contribution in [0.3, 0.4) is 0 Å². The summed E-state index contributed by atoms with van der Waals surface area (Å²) in [6, 6.07) is 3.57. The van der Waals surface area contributed by atoms with Gasteiger partial charge < -0.3 is 9.84 Å². The predicted molar refractivity (Wildman–Crippen MR) is 69.3 cm³/mol. The van der Waals surface area contributed by atoms with Crippen LogP contribution in [0.2, 0.25) is 0 Å². The zero-order chi connectivity index (χ0) is 14.0. The van der Waals surface area contributed by atoms with Crippen molar-refractivity contribution in [3.05, 3.63) is 23.8 Å². The number of halogens is 1. The van der Waals surface area contributed by atoms with Crippen molar-refractivity contribution in [2.24, 2.45) is 5.92 Å². The van der Waals surface area contributed by atoms with E-state index in [9.17, 15) is 13.2 Å². The third-order valence-electron chi connectivity index (χ3n) is 2.94. The van der Waals surface area contributed by atoms with Crippen LogP contribution in [0.25, 0.3) is 0 Å². The molecular weight excluding hydrogens is 292 g/mol. The maximum Gasteiger partial charge on any atom is 0.339 e. The van der Waals surface area contributed by atoms with Gasteiger partial charge in [-0.1, -0.05) is 12.8 Å². The molecule has 7 heteroatoms. The fourth-order valence-electron chi connectivity index (χ4n) is 1.70. The number of aromatic carboxylic acids is 1. The monoisotopic (exact) mass is 304 g/mol. The van der Waals surface area contributed by atoms with Crippen molar-refractivity contribution in [1.82, 2.24) is 0 Å². The summed E-state index contributed by atoms with van der Waals surface area (Å²) in [6.45, 7) is 0.428. The van der Waals surface area contributed by atoms with Crippen molar-refractivity contribution < 1.29 is 23.1 Å². The number of carbonyl (C=O) groups is 1. The third kappa shape index (κ3) is 3.84. The Morgan fingerprint density at radius 1 is 1.42 bits per heavy atom. The van der Waals surface area contributed by atoms with Crippen molar-refractivity contribution >= 4 is 25.7 Å². The molecule has 5 nitrogen and oxygen atoms in total. The SMILES string of the molecule is O=C(O)c1cc(S(=O)(=O)Cl)ccc1OCCC1CC1. The molecule has 19 heavy (non-hydrogen) atoms. The first-order valence-electron chi connectivity index (χ1n) is 5.83. The van der Waals surface area contributed by atoms with E-state index < -0.39 is 15.0 Å². The van der Waals surface area contributed by atoms with Gasteiger partial charge in [0.15, 0.2) is 0 Å². The van der Waals surface area contributed by atoms with Crippen LogP contribution in [0.1, 0.15) is 29.6 Å². The molecule has 1 saturated carbocycles. The highest BCUT2D eigenvalue weighted by Gasteiger charge is 2.22. The Bertz CT molecular complexity index is 592. The molecule has 0 bridgehead atoms. The molecule has 0 radical (unpaired) electrons. The quantitative estimate of drug-likeness (QED) is 0.817. The second-order valence-electron chi connectivity index (χ2n) is 4.48. The van der Waals surface area contributed by atoms with Crippen molar-refractivity contribution in [2.75, 3.05) is 6.61 Å². The van der Waals surface area contributed by atoms with E-state index in [1.54, 1.807) is 0 Å². The number of carboxylic acid groups (broad SMARTS) is 1. The minimum absolute atomic E-state index is 0.164. The van der Waals surface area contributed by atoms with Crippen LogP contribution in [0, 0.1) is 5.92 Å². The molecule has 0 aliphatic heterocycles. The number of hydrogen-bond donors (Lipinski definition) is 1. The fourth-order valence-corrected chi connectivity index (χ4v) is 2.47. The third-order valence-corrected chi connectivity index (χ3v) is 4.30. The normalized spacial score (nSPS) is 15.2. The van der Waals surface area contributed by atoms with Crippen molar-refractivity contribution in [1.29, 1.82) is 0 Å². The molecule has 1 aromatic rings. The van der Waals surface area contributed by atoms with Gasteiger partial charge in [0.1, 0.15) is 11.3 Å². The Hall–Kier alpha value is -1.27. The summed E-state index contributed by atoms with van der Waals surface area (Å²) in [4.78, 5) is 10.8. The standard InChI is InChI=1S/C12H13ClO5S/c13-19(16,17)9-3-4-11(10(7-9)12(14)15)18-6-5-8-1-2-8/h3-4,7-8H,1-2,5-6H2,(H,14,15). The maximum atomic E-state index is 11.2. The summed E-state index contributed by atoms with van der Waals surface area (Å²) < 4.78 is 27.7. The van der Waals surface area contributed by atoms with Crippen LogP contribution in [0.4, 0.5) is 0 Å². The second-order valence-corrected chi connectivity index (χ2v) is 7.05. The highest BCUT2D eigenvalue weighted by molar-refractivity contribution is 8.13. The van der Waals surface area contributed by atoms with Crippen molar-refractivity contribution in [3.63, 3.8) is 0 Å². The Kier molecular flexibility index (Phi) is 4.01. The van der Waals surface area contributed by atoms with Gasteiger partial charge in [-0.05, 0) is 30.5 Å². The van der Waals surface area contributed by atoms with Crippen molar-refractivity contribution in [2.45, 2.75) is 24.2 Å². The molecular formula is C12H13ClO5S. The van der Waals surface area contributed by atoms with Gasteiger partial charge in [-0.25, -0.2) is 13.2 Å². The topological polar surface area (TPSA) is 80.7 Å². The molecule has 1 N–H and O–H groups in total. The molecule has 1 aromatic carbocycles. The van der Waals surface area contributed by atoms with Crippen LogP contribution in [-0.2, 0) is 9.05 Å². The summed E-state index contributed by atoms with van der Waals surface area (Å²) in [5.41, 5.74) is -0.197. The van der Waals surface area contributed by atoms with E-state index in [1.807, 2.05) is 0 Å². The second kappa shape index (κ2) is 5.38. The number of ether oxygens (including phenoxy) is 1. The summed E-state index contributed by atoms with van der Waals surface area (Å²) in [6.07, 6.45) is 3.27. The van der Waals surface area contributed by atoms with Gasteiger partial charge in [-0.15, -0.1) is 0 Å². The molecule has 0 amide bonds. The zero-order valence-electron chi connectivity index (χ0n) is 10.0. The molecule has 104 valence electrons. The summed E-state index contributed by atoms with van der Waals surface area (Å²) in [5.74, 6) is -0.406. The molecule has 0 heterocycles. The van der Waals surface area contributed by atoms with E-state index in [4.69, 9.17) is 20.5 Å². The van der Waals surface area contributed by atoms with Gasteiger partial charge >= 0.3 is 5.97 Å². The lowest BCUT2D eigenvalue weighted by Gasteiger charge is -2.09. The molecule has 1 fully saturated rings. The molecule has 0 saturated heterocycles. The van der Waals surface area contributed by atoms with E-state index in [2.05, 4.69) is 0 Å². The molecule has 0 atom stereocenters. The molecule has 0 spiro atoms. The Balaban J connectivity index is 2.19. The Morgan fingerprint density at radius 2 is 2.11 bits per heavy atom. The molecule has 0 aromatic heterocycles. The van der Waals surface area contributed by atoms with Gasteiger partial charge in [-0.3, -0.25) is 0 Å². The van der Waals surface area contributed by atoms with E-state index in [0.717, 1.165) is 12.5 Å². The number of benzene rings is 1. The van der Waals surface area contributed by atoms with Gasteiger partial charge in [-0.2, -0.15) is 0 Å². The highest BCUT2D eigenvalue weighted by Crippen LogP contribution is 2.32. The molecule has 1 aliphatic rings. The van der Waals surface area contributed by atoms with E-state index >= 15 is 0 Å². The van der Waals surface area contributed by atoms with Crippen LogP contribution in [0.15, 0.2) is 23.1 Å². The van der Waals surface area contributed by atoms with Gasteiger partial charge in [0.25, 0.3) is 9.05 Å². The summed E-state index contributed by atoms with van der Waals surface area (Å²) >= 11 is 0. The lowest BCUT2D eigenvalue weighted by Crippen LogP contribution is -2.06. The van der Waals surface area contributed by atoms with Crippen LogP contribution < -0.4 is 4.74 Å². The number of carboxylic acids is 1. The van der Waals surface area contributed by atoms with Crippen LogP contribution >= 0.6 is 10.7 Å². The first-order chi connectivity index (χ1) is 8.88. The Labute approximate surface area is 115 Å². The maximum absolute atomic E-state index is 11.2. The van der Waals surface area contributed by atoms with Crippen LogP contribution in [-0.4, -0.2) is 26.1 Å². The van der Waals surface area contributed by atoms with Gasteiger partial charge in [0.2, 0.25) is 0 Å². The molecule has 2 rings (SSSR count). The van der Waals surface area contributed by atoms with E-state index in [1.165, 1.54) is 25.0 Å². The number of rotatable bonds is 6. The Morgan fingerprint density at radius 3 is 2.63 bits per heavy atom.